The molecule has 3 aromatic rings. The summed E-state index contributed by atoms with van der Waals surface area (Å²) in [4.78, 5) is 11.0. The monoisotopic (exact) mass is 330 g/mol. The molecule has 0 aliphatic heterocycles. The second-order valence-corrected chi connectivity index (χ2v) is 6.16. The molecule has 2 heterocycles. The summed E-state index contributed by atoms with van der Waals surface area (Å²) in [6.07, 6.45) is 0. The number of fused-ring (bicyclic) bond motifs is 1. The van der Waals surface area contributed by atoms with Gasteiger partial charge in [0.2, 0.25) is 5.71 Å². The summed E-state index contributed by atoms with van der Waals surface area (Å²) in [5.41, 5.74) is 8.68. The molecule has 1 aromatic carbocycles. The van der Waals surface area contributed by atoms with Gasteiger partial charge in [-0.2, -0.15) is 4.98 Å². The van der Waals surface area contributed by atoms with Crippen LogP contribution in [0.25, 0.3) is 11.1 Å². The minimum absolute atomic E-state index is 0.463. The van der Waals surface area contributed by atoms with Crippen molar-refractivity contribution in [1.82, 2.24) is 14.9 Å². The third kappa shape index (κ3) is 3.16. The van der Waals surface area contributed by atoms with Gasteiger partial charge < -0.3 is 10.2 Å². The van der Waals surface area contributed by atoms with E-state index < -0.39 is 0 Å². The molecular formula is C17H19ClN4O. The maximum Gasteiger partial charge on any atom is 0.231 e. The summed E-state index contributed by atoms with van der Waals surface area (Å²) in [7, 11) is 1.99. The molecule has 0 spiro atoms. The first-order valence-electron chi connectivity index (χ1n) is 7.39. The number of aromatic nitrogens is 2. The van der Waals surface area contributed by atoms with Crippen molar-refractivity contribution in [2.24, 2.45) is 0 Å². The van der Waals surface area contributed by atoms with E-state index in [1.807, 2.05) is 45.2 Å². The van der Waals surface area contributed by atoms with Gasteiger partial charge in [0.05, 0.1) is 11.9 Å². The van der Waals surface area contributed by atoms with Gasteiger partial charge in [0.15, 0.2) is 0 Å². The molecule has 0 saturated carbocycles. The van der Waals surface area contributed by atoms with E-state index in [-0.39, 0.29) is 0 Å². The number of hydrogen-bond donors (Lipinski definition) is 1. The fourth-order valence-corrected chi connectivity index (χ4v) is 2.81. The fraction of sp³-hybridized carbons (Fsp3) is 0.294. The molecule has 0 bridgehead atoms. The van der Waals surface area contributed by atoms with Gasteiger partial charge >= 0.3 is 0 Å². The highest BCUT2D eigenvalue weighted by molar-refractivity contribution is 6.31. The number of aryl methyl sites for hydroxylation is 2. The Morgan fingerprint density at radius 2 is 1.91 bits per heavy atom. The van der Waals surface area contributed by atoms with Crippen LogP contribution in [0.15, 0.2) is 28.7 Å². The highest BCUT2D eigenvalue weighted by Crippen LogP contribution is 2.27. The molecule has 0 saturated heterocycles. The van der Waals surface area contributed by atoms with Crippen molar-refractivity contribution < 1.29 is 4.42 Å². The first-order chi connectivity index (χ1) is 11.0. The Morgan fingerprint density at radius 1 is 1.17 bits per heavy atom. The molecule has 2 N–H and O–H groups in total. The predicted molar refractivity (Wildman–Crippen MR) is 92.3 cm³/mol. The first-order valence-corrected chi connectivity index (χ1v) is 7.77. The topological polar surface area (TPSA) is 68.2 Å². The molecule has 0 amide bonds. The van der Waals surface area contributed by atoms with Crippen LogP contribution in [0.1, 0.15) is 22.7 Å². The maximum absolute atomic E-state index is 6.20. The van der Waals surface area contributed by atoms with Gasteiger partial charge in [-0.15, -0.1) is 0 Å². The second-order valence-electron chi connectivity index (χ2n) is 5.75. The van der Waals surface area contributed by atoms with Gasteiger partial charge in [-0.25, -0.2) is 4.98 Å². The van der Waals surface area contributed by atoms with E-state index >= 15 is 0 Å². The first kappa shape index (κ1) is 15.8. The smallest absolute Gasteiger partial charge is 0.231 e. The third-order valence-corrected chi connectivity index (χ3v) is 4.28. The van der Waals surface area contributed by atoms with Crippen LogP contribution < -0.4 is 5.73 Å². The molecule has 0 aliphatic rings. The van der Waals surface area contributed by atoms with Crippen molar-refractivity contribution in [1.29, 1.82) is 0 Å². The highest BCUT2D eigenvalue weighted by atomic mass is 35.5. The molecule has 0 radical (unpaired) electrons. The Morgan fingerprint density at radius 3 is 2.65 bits per heavy atom. The van der Waals surface area contributed by atoms with Crippen LogP contribution in [0.4, 0.5) is 5.82 Å². The quantitative estimate of drug-likeness (QED) is 0.789. The molecule has 3 rings (SSSR count). The molecule has 120 valence electrons. The van der Waals surface area contributed by atoms with Crippen molar-refractivity contribution >= 4 is 28.5 Å². The van der Waals surface area contributed by atoms with Crippen LogP contribution in [-0.4, -0.2) is 21.9 Å². The van der Waals surface area contributed by atoms with E-state index in [1.165, 1.54) is 0 Å². The lowest BCUT2D eigenvalue weighted by molar-refractivity contribution is 0.311. The highest BCUT2D eigenvalue weighted by Gasteiger charge is 2.15. The zero-order valence-corrected chi connectivity index (χ0v) is 14.2. The van der Waals surface area contributed by atoms with Crippen molar-refractivity contribution in [2.75, 3.05) is 12.8 Å². The number of anilines is 1. The van der Waals surface area contributed by atoms with Crippen LogP contribution in [-0.2, 0) is 13.1 Å². The minimum Gasteiger partial charge on any atom is -0.443 e. The SMILES string of the molecule is Cc1oc2nc(CN(C)Cc3ccccc3Cl)nc(N)c2c1C. The van der Waals surface area contributed by atoms with Crippen LogP contribution in [0.5, 0.6) is 0 Å². The van der Waals surface area contributed by atoms with E-state index in [4.69, 9.17) is 21.8 Å². The summed E-state index contributed by atoms with van der Waals surface area (Å²) in [6.45, 7) is 5.13. The molecular weight excluding hydrogens is 312 g/mol. The number of furan rings is 1. The van der Waals surface area contributed by atoms with Gasteiger partial charge in [0.25, 0.3) is 0 Å². The van der Waals surface area contributed by atoms with Gasteiger partial charge in [-0.3, -0.25) is 4.90 Å². The lowest BCUT2D eigenvalue weighted by atomic mass is 10.2. The average molecular weight is 331 g/mol. The Bertz CT molecular complexity index is 859. The summed E-state index contributed by atoms with van der Waals surface area (Å²) >= 11 is 6.20. The lowest BCUT2D eigenvalue weighted by Crippen LogP contribution is -2.19. The number of nitrogens with zero attached hydrogens (tertiary/aromatic N) is 3. The van der Waals surface area contributed by atoms with Crippen molar-refractivity contribution in [3.63, 3.8) is 0 Å². The molecule has 6 heteroatoms. The standard InChI is InChI=1S/C17H19ClN4O/c1-10-11(2)23-17-15(10)16(19)20-14(21-17)9-22(3)8-12-6-4-5-7-13(12)18/h4-7H,8-9H2,1-3H3,(H2,19,20,21). The van der Waals surface area contributed by atoms with Gasteiger partial charge in [0.1, 0.15) is 17.4 Å². The average Bonchev–Trinajstić information content (AvgIpc) is 2.76. The molecule has 0 unspecified atom stereocenters. The normalized spacial score (nSPS) is 11.5. The Labute approximate surface area is 140 Å². The molecule has 0 aliphatic carbocycles. The zero-order chi connectivity index (χ0) is 16.6. The fourth-order valence-electron chi connectivity index (χ4n) is 2.61. The molecule has 0 fully saturated rings. The van der Waals surface area contributed by atoms with Gasteiger partial charge in [-0.05, 0) is 32.5 Å². The number of hydrogen-bond acceptors (Lipinski definition) is 5. The zero-order valence-electron chi connectivity index (χ0n) is 13.4. The van der Waals surface area contributed by atoms with E-state index in [0.29, 0.717) is 30.4 Å². The number of benzene rings is 1. The lowest BCUT2D eigenvalue weighted by Gasteiger charge is -2.16. The Hall–Kier alpha value is -2.11. The van der Waals surface area contributed by atoms with E-state index in [1.54, 1.807) is 0 Å². The Balaban J connectivity index is 1.82. The summed E-state index contributed by atoms with van der Waals surface area (Å²) < 4.78 is 5.67. The van der Waals surface area contributed by atoms with Crippen molar-refractivity contribution in [3.05, 3.63) is 52.0 Å². The van der Waals surface area contributed by atoms with Crippen LogP contribution >= 0.6 is 11.6 Å². The van der Waals surface area contributed by atoms with Crippen molar-refractivity contribution in [3.8, 4) is 0 Å². The van der Waals surface area contributed by atoms with E-state index in [9.17, 15) is 0 Å². The molecule has 0 atom stereocenters. The number of rotatable bonds is 4. The van der Waals surface area contributed by atoms with Crippen molar-refractivity contribution in [2.45, 2.75) is 26.9 Å². The Kier molecular flexibility index (Phi) is 4.24. The number of nitrogens with two attached hydrogens (primary N) is 1. The molecule has 5 nitrogen and oxygen atoms in total. The second kappa shape index (κ2) is 6.18. The summed E-state index contributed by atoms with van der Waals surface area (Å²) in [5, 5.41) is 1.56. The number of nitrogen functional groups attached to an aromatic ring is 1. The van der Waals surface area contributed by atoms with E-state index in [0.717, 1.165) is 27.3 Å². The molecule has 23 heavy (non-hydrogen) atoms. The van der Waals surface area contributed by atoms with Crippen LogP contribution in [0.2, 0.25) is 5.02 Å². The van der Waals surface area contributed by atoms with Gasteiger partial charge in [-0.1, -0.05) is 29.8 Å². The largest absolute Gasteiger partial charge is 0.443 e. The van der Waals surface area contributed by atoms with E-state index in [2.05, 4.69) is 14.9 Å². The predicted octanol–water partition coefficient (Wildman–Crippen LogP) is 3.71. The summed E-state index contributed by atoms with van der Waals surface area (Å²) in [6, 6.07) is 7.80. The summed E-state index contributed by atoms with van der Waals surface area (Å²) in [5.74, 6) is 1.92. The third-order valence-electron chi connectivity index (χ3n) is 3.91. The van der Waals surface area contributed by atoms with Crippen LogP contribution in [0.3, 0.4) is 0 Å². The maximum atomic E-state index is 6.20. The molecule has 2 aromatic heterocycles. The van der Waals surface area contributed by atoms with Gasteiger partial charge in [0, 0.05) is 17.1 Å². The minimum atomic E-state index is 0.463. The van der Waals surface area contributed by atoms with Crippen LogP contribution in [0, 0.1) is 13.8 Å². The number of halogens is 1.